The number of benzene rings is 3. The highest BCUT2D eigenvalue weighted by molar-refractivity contribution is 14.1. The summed E-state index contributed by atoms with van der Waals surface area (Å²) in [4.78, 5) is 42.0. The van der Waals surface area contributed by atoms with Gasteiger partial charge >= 0.3 is 0 Å². The van der Waals surface area contributed by atoms with Crippen LogP contribution in [0, 0.1) is 15.2 Å². The first-order chi connectivity index (χ1) is 21.2. The molecule has 8 nitrogen and oxygen atoms in total. The van der Waals surface area contributed by atoms with Gasteiger partial charge in [-0.05, 0) is 91.7 Å². The van der Waals surface area contributed by atoms with Crippen molar-refractivity contribution >= 4 is 51.8 Å². The predicted molar refractivity (Wildman–Crippen MR) is 171 cm³/mol. The molecule has 44 heavy (non-hydrogen) atoms. The lowest BCUT2D eigenvalue weighted by Gasteiger charge is -2.37. The molecule has 1 aromatic heterocycles. The third kappa shape index (κ3) is 4.97. The second-order valence-electron chi connectivity index (χ2n) is 11.5. The number of carbonyl (C=O) groups excluding carboxylic acids is 2. The van der Waals surface area contributed by atoms with Gasteiger partial charge in [0.15, 0.2) is 0 Å². The third-order valence-electron chi connectivity index (χ3n) is 8.32. The molecule has 2 N–H and O–H groups in total. The summed E-state index contributed by atoms with van der Waals surface area (Å²) in [5, 5.41) is 6.63. The van der Waals surface area contributed by atoms with E-state index in [1.165, 1.54) is 23.1 Å². The van der Waals surface area contributed by atoms with Crippen molar-refractivity contribution < 1.29 is 18.4 Å². The van der Waals surface area contributed by atoms with E-state index in [1.54, 1.807) is 24.4 Å². The Morgan fingerprint density at radius 2 is 1.61 bits per heavy atom. The molecule has 3 aromatic carbocycles. The van der Waals surface area contributed by atoms with E-state index in [1.807, 2.05) is 18.2 Å². The molecule has 2 atom stereocenters. The number of hydrogen-bond acceptors (Lipinski definition) is 7. The third-order valence-corrected chi connectivity index (χ3v) is 8.99. The average Bonchev–Trinajstić information content (AvgIpc) is 3.12. The van der Waals surface area contributed by atoms with Gasteiger partial charge in [-0.3, -0.25) is 19.5 Å². The van der Waals surface area contributed by atoms with Gasteiger partial charge in [0.05, 0.1) is 34.6 Å². The number of aromatic nitrogens is 2. The smallest absolute Gasteiger partial charge is 0.261 e. The van der Waals surface area contributed by atoms with E-state index in [0.29, 0.717) is 52.0 Å². The molecule has 11 heteroatoms. The number of imide groups is 1. The Labute approximate surface area is 266 Å². The standard InChI is InChI=1S/C33H27F2IN6O2/c1-16-10-21(11-17(2)39-16)42-31(43)23-9-7-20(13-25(23)32(42)44)40-33-38-15-18-14-37-30(28-26(34)4-3-5-27(28)35)24-12-19(36)6-8-22(24)29(18)41-33/h3-9,12-13,15-17,21,39H,10-11,14H2,1-2H3,(H,38,40,41). The van der Waals surface area contributed by atoms with Gasteiger partial charge in [-0.25, -0.2) is 18.7 Å². The van der Waals surface area contributed by atoms with Gasteiger partial charge in [0.25, 0.3) is 11.8 Å². The Morgan fingerprint density at radius 1 is 0.909 bits per heavy atom. The molecule has 0 bridgehead atoms. The van der Waals surface area contributed by atoms with E-state index in [0.717, 1.165) is 3.57 Å². The quantitative estimate of drug-likeness (QED) is 0.193. The predicted octanol–water partition coefficient (Wildman–Crippen LogP) is 6.25. The first kappa shape index (κ1) is 28.7. The number of aliphatic imine (C=N–C) groups is 1. The number of nitrogens with zero attached hydrogens (tertiary/aromatic N) is 4. The monoisotopic (exact) mass is 704 g/mol. The molecule has 0 saturated carbocycles. The molecule has 222 valence electrons. The Kier molecular flexibility index (Phi) is 7.24. The number of rotatable bonds is 4. The number of piperidine rings is 1. The van der Waals surface area contributed by atoms with Crippen LogP contribution in [0.4, 0.5) is 20.4 Å². The van der Waals surface area contributed by atoms with Crippen molar-refractivity contribution in [2.75, 3.05) is 5.32 Å². The maximum absolute atomic E-state index is 14.9. The van der Waals surface area contributed by atoms with Gasteiger partial charge < -0.3 is 10.6 Å². The van der Waals surface area contributed by atoms with E-state index < -0.39 is 11.6 Å². The molecule has 2 amide bonds. The molecule has 1 saturated heterocycles. The molecule has 4 heterocycles. The molecule has 7 rings (SSSR count). The zero-order valence-electron chi connectivity index (χ0n) is 23.9. The van der Waals surface area contributed by atoms with Crippen LogP contribution in [0.1, 0.15) is 64.1 Å². The zero-order chi connectivity index (χ0) is 30.7. The Bertz CT molecular complexity index is 1870. The summed E-state index contributed by atoms with van der Waals surface area (Å²) in [5.41, 5.74) is 3.82. The van der Waals surface area contributed by atoms with Crippen LogP contribution in [-0.4, -0.2) is 50.5 Å². The zero-order valence-corrected chi connectivity index (χ0v) is 26.0. The van der Waals surface area contributed by atoms with Crippen molar-refractivity contribution in [3.05, 3.63) is 104 Å². The maximum atomic E-state index is 14.9. The Balaban J connectivity index is 1.21. The SMILES string of the molecule is CC1CC(N2C(=O)c3ccc(Nc4ncc5c(n4)-c4ccc(I)cc4C(c4c(F)cccc4F)=NC5)cc3C2=O)CC(C)N1. The van der Waals surface area contributed by atoms with Crippen molar-refractivity contribution in [1.82, 2.24) is 20.2 Å². The van der Waals surface area contributed by atoms with Crippen molar-refractivity contribution in [1.29, 1.82) is 0 Å². The number of halogens is 3. The van der Waals surface area contributed by atoms with Gasteiger partial charge in [-0.1, -0.05) is 12.1 Å². The summed E-state index contributed by atoms with van der Waals surface area (Å²) in [6.07, 6.45) is 3.05. The van der Waals surface area contributed by atoms with E-state index in [4.69, 9.17) is 4.98 Å². The second-order valence-corrected chi connectivity index (χ2v) is 12.7. The van der Waals surface area contributed by atoms with Crippen LogP contribution >= 0.6 is 22.6 Å². The molecular weight excluding hydrogens is 677 g/mol. The molecule has 3 aliphatic rings. The topological polar surface area (TPSA) is 99.6 Å². The first-order valence-electron chi connectivity index (χ1n) is 14.4. The molecule has 0 spiro atoms. The fourth-order valence-electron chi connectivity index (χ4n) is 6.46. The molecular formula is C33H27F2IN6O2. The van der Waals surface area contributed by atoms with Gasteiger partial charge in [0, 0.05) is 50.3 Å². The van der Waals surface area contributed by atoms with Crippen molar-refractivity contribution in [2.45, 2.75) is 51.4 Å². The number of hydrogen-bond donors (Lipinski definition) is 2. The Hall–Kier alpha value is -4.10. The van der Waals surface area contributed by atoms with Crippen LogP contribution in [0.5, 0.6) is 0 Å². The lowest BCUT2D eigenvalue weighted by Crippen LogP contribution is -2.52. The number of fused-ring (bicyclic) bond motifs is 4. The number of amides is 2. The normalized spacial score (nSPS) is 20.9. The highest BCUT2D eigenvalue weighted by Gasteiger charge is 2.42. The summed E-state index contributed by atoms with van der Waals surface area (Å²) in [5.74, 6) is -1.68. The minimum Gasteiger partial charge on any atom is -0.324 e. The van der Waals surface area contributed by atoms with E-state index in [2.05, 4.69) is 57.0 Å². The lowest BCUT2D eigenvalue weighted by molar-refractivity contribution is 0.0523. The van der Waals surface area contributed by atoms with Gasteiger partial charge in [-0.15, -0.1) is 0 Å². The van der Waals surface area contributed by atoms with Crippen LogP contribution < -0.4 is 10.6 Å². The molecule has 3 aliphatic heterocycles. The van der Waals surface area contributed by atoms with Crippen LogP contribution in [0.2, 0.25) is 0 Å². The molecule has 4 aromatic rings. The van der Waals surface area contributed by atoms with Gasteiger partial charge in [0.1, 0.15) is 11.6 Å². The van der Waals surface area contributed by atoms with Crippen molar-refractivity contribution in [3.8, 4) is 11.3 Å². The van der Waals surface area contributed by atoms with Crippen molar-refractivity contribution in [2.24, 2.45) is 4.99 Å². The minimum atomic E-state index is -0.694. The Morgan fingerprint density at radius 3 is 2.36 bits per heavy atom. The van der Waals surface area contributed by atoms with E-state index >= 15 is 0 Å². The molecule has 2 unspecified atom stereocenters. The van der Waals surface area contributed by atoms with Gasteiger partial charge in [0.2, 0.25) is 5.95 Å². The van der Waals surface area contributed by atoms with E-state index in [-0.39, 0.29) is 53.7 Å². The first-order valence-corrected chi connectivity index (χ1v) is 15.5. The highest BCUT2D eigenvalue weighted by Crippen LogP contribution is 2.35. The summed E-state index contributed by atoms with van der Waals surface area (Å²) < 4.78 is 30.7. The van der Waals surface area contributed by atoms with Crippen LogP contribution in [0.25, 0.3) is 11.3 Å². The van der Waals surface area contributed by atoms with Gasteiger partial charge in [-0.2, -0.15) is 0 Å². The number of anilines is 2. The summed E-state index contributed by atoms with van der Waals surface area (Å²) >= 11 is 2.16. The fraction of sp³-hybridized carbons (Fsp3) is 0.242. The van der Waals surface area contributed by atoms with Crippen LogP contribution in [0.3, 0.4) is 0 Å². The maximum Gasteiger partial charge on any atom is 0.261 e. The second kappa shape index (κ2) is 11.1. The van der Waals surface area contributed by atoms with E-state index in [9.17, 15) is 18.4 Å². The average molecular weight is 705 g/mol. The fourth-order valence-corrected chi connectivity index (χ4v) is 6.96. The molecule has 1 fully saturated rings. The minimum absolute atomic E-state index is 0.128. The molecule has 0 aliphatic carbocycles. The summed E-state index contributed by atoms with van der Waals surface area (Å²) in [6.45, 7) is 4.25. The number of nitrogens with one attached hydrogen (secondary N) is 2. The summed E-state index contributed by atoms with van der Waals surface area (Å²) in [7, 11) is 0. The lowest BCUT2D eigenvalue weighted by atomic mass is 9.94. The number of carbonyl (C=O) groups is 2. The van der Waals surface area contributed by atoms with Crippen LogP contribution in [-0.2, 0) is 6.54 Å². The largest absolute Gasteiger partial charge is 0.324 e. The molecule has 0 radical (unpaired) electrons. The summed E-state index contributed by atoms with van der Waals surface area (Å²) in [6, 6.07) is 14.7. The highest BCUT2D eigenvalue weighted by atomic mass is 127. The van der Waals surface area contributed by atoms with Crippen LogP contribution in [0.15, 0.2) is 65.8 Å². The van der Waals surface area contributed by atoms with Crippen molar-refractivity contribution in [3.63, 3.8) is 0 Å².